The third-order valence-electron chi connectivity index (χ3n) is 3.68. The number of nitrogens with zero attached hydrogens (tertiary/aromatic N) is 2. The summed E-state index contributed by atoms with van der Waals surface area (Å²) in [6.07, 6.45) is 6.21. The Labute approximate surface area is 106 Å². The van der Waals surface area contributed by atoms with Gasteiger partial charge in [-0.15, -0.1) is 0 Å². The zero-order valence-electron chi connectivity index (χ0n) is 10.2. The van der Waals surface area contributed by atoms with Crippen LogP contribution in [0, 0.1) is 0 Å². The lowest BCUT2D eigenvalue weighted by Gasteiger charge is -2.32. The summed E-state index contributed by atoms with van der Waals surface area (Å²) in [6, 6.07) is 10.5. The summed E-state index contributed by atoms with van der Waals surface area (Å²) >= 11 is 0. The van der Waals surface area contributed by atoms with Crippen molar-refractivity contribution in [2.75, 3.05) is 6.54 Å². The molecule has 1 aromatic heterocycles. The highest BCUT2D eigenvalue weighted by atomic mass is 16.1. The van der Waals surface area contributed by atoms with Gasteiger partial charge in [0.2, 0.25) is 6.41 Å². The Kier molecular flexibility index (Phi) is 2.97. The molecular formula is C15H16N2O. The van der Waals surface area contributed by atoms with Crippen LogP contribution in [0.5, 0.6) is 0 Å². The molecule has 0 N–H and O–H groups in total. The average Bonchev–Trinajstić information content (AvgIpc) is 2.46. The molecule has 0 spiro atoms. The Morgan fingerprint density at radius 3 is 3.06 bits per heavy atom. The summed E-state index contributed by atoms with van der Waals surface area (Å²) in [6.45, 7) is 0.862. The predicted octanol–water partition coefficient (Wildman–Crippen LogP) is 2.92. The first kappa shape index (κ1) is 11.2. The number of aromatic nitrogens is 1. The van der Waals surface area contributed by atoms with Gasteiger partial charge in [-0.25, -0.2) is 0 Å². The molecule has 1 atom stereocenters. The third-order valence-corrected chi connectivity index (χ3v) is 3.68. The number of hydrogen-bond donors (Lipinski definition) is 0. The highest BCUT2D eigenvalue weighted by molar-refractivity contribution is 5.78. The van der Waals surface area contributed by atoms with Gasteiger partial charge < -0.3 is 4.90 Å². The van der Waals surface area contributed by atoms with Crippen LogP contribution in [0.25, 0.3) is 10.9 Å². The van der Waals surface area contributed by atoms with E-state index < -0.39 is 0 Å². The van der Waals surface area contributed by atoms with Crippen molar-refractivity contribution in [1.82, 2.24) is 9.88 Å². The molecule has 1 aliphatic heterocycles. The fraction of sp³-hybridized carbons (Fsp3) is 0.333. The van der Waals surface area contributed by atoms with Crippen LogP contribution in [0.1, 0.15) is 30.9 Å². The van der Waals surface area contributed by atoms with Crippen LogP contribution in [-0.2, 0) is 4.79 Å². The van der Waals surface area contributed by atoms with Crippen LogP contribution < -0.4 is 0 Å². The van der Waals surface area contributed by atoms with Crippen molar-refractivity contribution in [2.24, 2.45) is 0 Å². The van der Waals surface area contributed by atoms with Gasteiger partial charge in [0.05, 0.1) is 11.6 Å². The van der Waals surface area contributed by atoms with Crippen molar-refractivity contribution < 1.29 is 4.79 Å². The molecule has 0 saturated carbocycles. The first-order chi connectivity index (χ1) is 8.88. The maximum Gasteiger partial charge on any atom is 0.210 e. The Morgan fingerprint density at radius 2 is 2.17 bits per heavy atom. The van der Waals surface area contributed by atoms with E-state index >= 15 is 0 Å². The molecule has 1 saturated heterocycles. The van der Waals surface area contributed by atoms with Gasteiger partial charge in [0, 0.05) is 18.1 Å². The molecule has 2 heterocycles. The molecule has 2 aromatic rings. The van der Waals surface area contributed by atoms with Gasteiger partial charge in [0.15, 0.2) is 0 Å². The van der Waals surface area contributed by atoms with Gasteiger partial charge in [0.1, 0.15) is 0 Å². The second-order valence-electron chi connectivity index (χ2n) is 4.82. The molecular weight excluding hydrogens is 224 g/mol. The smallest absolute Gasteiger partial charge is 0.210 e. The molecule has 3 nitrogen and oxygen atoms in total. The molecule has 0 bridgehead atoms. The fourth-order valence-electron chi connectivity index (χ4n) is 2.71. The summed E-state index contributed by atoms with van der Waals surface area (Å²) in [7, 11) is 0. The fourth-order valence-corrected chi connectivity index (χ4v) is 2.71. The van der Waals surface area contributed by atoms with Crippen LogP contribution >= 0.6 is 0 Å². The zero-order valence-corrected chi connectivity index (χ0v) is 10.2. The number of para-hydroxylation sites is 1. The number of hydrogen-bond acceptors (Lipinski definition) is 2. The third kappa shape index (κ3) is 1.96. The standard InChI is InChI=1S/C15H16N2O/c18-11-17-8-4-3-7-15(17)13-9-12-5-1-2-6-14(12)16-10-13/h1-2,5-6,9-11,15H,3-4,7-8H2. The van der Waals surface area contributed by atoms with Gasteiger partial charge in [-0.3, -0.25) is 9.78 Å². The molecule has 3 rings (SSSR count). The van der Waals surface area contributed by atoms with Crippen molar-refractivity contribution in [3.63, 3.8) is 0 Å². The molecule has 92 valence electrons. The number of likely N-dealkylation sites (tertiary alicyclic amines) is 1. The Bertz CT molecular complexity index is 567. The first-order valence-electron chi connectivity index (χ1n) is 6.44. The molecule has 1 aliphatic rings. The largest absolute Gasteiger partial charge is 0.338 e. The van der Waals surface area contributed by atoms with Crippen molar-refractivity contribution in [3.8, 4) is 0 Å². The second kappa shape index (κ2) is 4.77. The molecule has 0 aliphatic carbocycles. The van der Waals surface area contributed by atoms with E-state index in [0.29, 0.717) is 0 Å². The average molecular weight is 240 g/mol. The highest BCUT2D eigenvalue weighted by Gasteiger charge is 2.22. The van der Waals surface area contributed by atoms with Gasteiger partial charge >= 0.3 is 0 Å². The lowest BCUT2D eigenvalue weighted by atomic mass is 9.96. The summed E-state index contributed by atoms with van der Waals surface area (Å²) < 4.78 is 0. The summed E-state index contributed by atoms with van der Waals surface area (Å²) in [5.74, 6) is 0. The summed E-state index contributed by atoms with van der Waals surface area (Å²) in [5, 5.41) is 1.14. The lowest BCUT2D eigenvalue weighted by molar-refractivity contribution is -0.121. The maximum absolute atomic E-state index is 11.1. The number of pyridine rings is 1. The minimum atomic E-state index is 0.202. The highest BCUT2D eigenvalue weighted by Crippen LogP contribution is 2.30. The SMILES string of the molecule is O=CN1CCCCC1c1cnc2ccccc2c1. The van der Waals surface area contributed by atoms with Gasteiger partial charge in [-0.1, -0.05) is 18.2 Å². The molecule has 1 aromatic carbocycles. The van der Waals surface area contributed by atoms with Crippen LogP contribution in [0.4, 0.5) is 0 Å². The quantitative estimate of drug-likeness (QED) is 0.756. The van der Waals surface area contributed by atoms with E-state index in [4.69, 9.17) is 0 Å². The molecule has 1 amide bonds. The van der Waals surface area contributed by atoms with E-state index in [9.17, 15) is 4.79 Å². The molecule has 1 unspecified atom stereocenters. The molecule has 18 heavy (non-hydrogen) atoms. The zero-order chi connectivity index (χ0) is 12.4. The topological polar surface area (TPSA) is 33.2 Å². The van der Waals surface area contributed by atoms with Gasteiger partial charge in [0.25, 0.3) is 0 Å². The normalized spacial score (nSPS) is 20.0. The van der Waals surface area contributed by atoms with Crippen molar-refractivity contribution in [1.29, 1.82) is 0 Å². The Morgan fingerprint density at radius 1 is 1.28 bits per heavy atom. The van der Waals surface area contributed by atoms with E-state index in [2.05, 4.69) is 17.1 Å². The number of fused-ring (bicyclic) bond motifs is 1. The van der Waals surface area contributed by atoms with E-state index in [0.717, 1.165) is 42.3 Å². The van der Waals surface area contributed by atoms with Crippen molar-refractivity contribution in [3.05, 3.63) is 42.1 Å². The monoisotopic (exact) mass is 240 g/mol. The number of amides is 1. The minimum absolute atomic E-state index is 0.202. The number of piperidine rings is 1. The summed E-state index contributed by atoms with van der Waals surface area (Å²) in [4.78, 5) is 17.5. The van der Waals surface area contributed by atoms with E-state index in [-0.39, 0.29) is 6.04 Å². The van der Waals surface area contributed by atoms with Gasteiger partial charge in [-0.2, -0.15) is 0 Å². The summed E-state index contributed by atoms with van der Waals surface area (Å²) in [5.41, 5.74) is 2.16. The van der Waals surface area contributed by atoms with Crippen LogP contribution in [-0.4, -0.2) is 22.8 Å². The predicted molar refractivity (Wildman–Crippen MR) is 71.1 cm³/mol. The van der Waals surface area contributed by atoms with Crippen LogP contribution in [0.15, 0.2) is 36.5 Å². The van der Waals surface area contributed by atoms with Crippen molar-refractivity contribution >= 4 is 17.3 Å². The molecule has 0 radical (unpaired) electrons. The maximum atomic E-state index is 11.1. The Hall–Kier alpha value is -1.90. The van der Waals surface area contributed by atoms with Crippen LogP contribution in [0.3, 0.4) is 0 Å². The second-order valence-corrected chi connectivity index (χ2v) is 4.82. The van der Waals surface area contributed by atoms with E-state index in [1.165, 1.54) is 6.42 Å². The van der Waals surface area contributed by atoms with E-state index in [1.54, 1.807) is 0 Å². The first-order valence-corrected chi connectivity index (χ1v) is 6.44. The molecule has 3 heteroatoms. The van der Waals surface area contributed by atoms with Crippen molar-refractivity contribution in [2.45, 2.75) is 25.3 Å². The Balaban J connectivity index is 1.99. The van der Waals surface area contributed by atoms with E-state index in [1.807, 2.05) is 29.3 Å². The number of rotatable bonds is 2. The molecule has 1 fully saturated rings. The number of carbonyl (C=O) groups excluding carboxylic acids is 1. The minimum Gasteiger partial charge on any atom is -0.338 e. The van der Waals surface area contributed by atoms with Gasteiger partial charge in [-0.05, 0) is 37.0 Å². The lowest BCUT2D eigenvalue weighted by Crippen LogP contribution is -2.32. The van der Waals surface area contributed by atoms with Crippen LogP contribution in [0.2, 0.25) is 0 Å². The number of benzene rings is 1. The number of carbonyl (C=O) groups is 1.